The van der Waals surface area contributed by atoms with Gasteiger partial charge in [-0.05, 0) is 43.9 Å². The molecule has 2 aromatic rings. The van der Waals surface area contributed by atoms with Gasteiger partial charge in [-0.3, -0.25) is 4.57 Å². The van der Waals surface area contributed by atoms with E-state index in [2.05, 4.69) is 4.72 Å². The largest absolute Gasteiger partial charge is 0.419 e. The fourth-order valence-corrected chi connectivity index (χ4v) is 3.61. The zero-order valence-electron chi connectivity index (χ0n) is 12.4. The number of aliphatic hydroxyl groups is 1. The van der Waals surface area contributed by atoms with E-state index in [1.807, 2.05) is 0 Å². The Kier molecular flexibility index (Phi) is 3.42. The van der Waals surface area contributed by atoms with Gasteiger partial charge in [-0.25, -0.2) is 17.9 Å². The molecule has 7 nitrogen and oxygen atoms in total. The van der Waals surface area contributed by atoms with Crippen molar-refractivity contribution in [1.82, 2.24) is 9.29 Å². The van der Waals surface area contributed by atoms with Crippen LogP contribution in [0.1, 0.15) is 19.8 Å². The van der Waals surface area contributed by atoms with E-state index < -0.39 is 21.4 Å². The quantitative estimate of drug-likeness (QED) is 0.836. The van der Waals surface area contributed by atoms with Gasteiger partial charge in [0.1, 0.15) is 0 Å². The van der Waals surface area contributed by atoms with Crippen LogP contribution >= 0.6 is 0 Å². The van der Waals surface area contributed by atoms with Gasteiger partial charge in [0.05, 0.1) is 16.0 Å². The number of sulfonamides is 1. The average molecular weight is 326 g/mol. The first-order chi connectivity index (χ1) is 10.2. The summed E-state index contributed by atoms with van der Waals surface area (Å²) in [5, 5.41) is 10.2. The molecule has 8 heteroatoms. The Morgan fingerprint density at radius 2 is 2.14 bits per heavy atom. The van der Waals surface area contributed by atoms with E-state index in [1.54, 1.807) is 6.92 Å². The molecule has 0 saturated heterocycles. The summed E-state index contributed by atoms with van der Waals surface area (Å²) in [6.07, 6.45) is 1.83. The third-order valence-electron chi connectivity index (χ3n) is 4.15. The molecule has 0 spiro atoms. The lowest BCUT2D eigenvalue weighted by atomic mass is 10.0. The standard InChI is InChI=1S/C14H18N2O5S/c1-14(18,9-3-4-9)8-15-22(19,20)10-5-6-12-11(7-10)16(2)13(17)21-12/h5-7,9,15,18H,3-4,8H2,1-2H3/t14-/m1/s1. The van der Waals surface area contributed by atoms with Crippen LogP contribution in [0, 0.1) is 5.92 Å². The molecule has 0 unspecified atom stereocenters. The topological polar surface area (TPSA) is 102 Å². The predicted molar refractivity (Wildman–Crippen MR) is 80.0 cm³/mol. The van der Waals surface area contributed by atoms with E-state index >= 15 is 0 Å². The summed E-state index contributed by atoms with van der Waals surface area (Å²) < 4.78 is 33.3. The van der Waals surface area contributed by atoms with E-state index in [9.17, 15) is 18.3 Å². The minimum Gasteiger partial charge on any atom is -0.408 e. The first kappa shape index (κ1) is 15.3. The van der Waals surface area contributed by atoms with Crippen molar-refractivity contribution in [3.05, 3.63) is 28.7 Å². The van der Waals surface area contributed by atoms with Crippen LogP contribution in [0.5, 0.6) is 0 Å². The Morgan fingerprint density at radius 3 is 2.77 bits per heavy atom. The monoisotopic (exact) mass is 326 g/mol. The molecule has 1 aliphatic rings. The predicted octanol–water partition coefficient (Wildman–Crippen LogP) is 0.571. The average Bonchev–Trinajstić information content (AvgIpc) is 3.26. The number of benzene rings is 1. The van der Waals surface area contributed by atoms with Gasteiger partial charge in [-0.15, -0.1) is 0 Å². The first-order valence-electron chi connectivity index (χ1n) is 7.02. The van der Waals surface area contributed by atoms with Crippen molar-refractivity contribution in [3.8, 4) is 0 Å². The zero-order chi connectivity index (χ0) is 16.1. The van der Waals surface area contributed by atoms with Crippen LogP contribution < -0.4 is 10.5 Å². The third-order valence-corrected chi connectivity index (χ3v) is 5.55. The van der Waals surface area contributed by atoms with Gasteiger partial charge < -0.3 is 9.52 Å². The molecule has 0 amide bonds. The Hall–Kier alpha value is -1.64. The molecule has 0 radical (unpaired) electrons. The van der Waals surface area contributed by atoms with Crippen molar-refractivity contribution < 1.29 is 17.9 Å². The maximum absolute atomic E-state index is 12.3. The molecule has 1 atom stereocenters. The normalized spacial score (nSPS) is 18.5. The second kappa shape index (κ2) is 4.94. The van der Waals surface area contributed by atoms with Crippen molar-refractivity contribution >= 4 is 21.1 Å². The van der Waals surface area contributed by atoms with Crippen LogP contribution in [0.3, 0.4) is 0 Å². The molecule has 1 fully saturated rings. The van der Waals surface area contributed by atoms with E-state index in [0.717, 1.165) is 12.8 Å². The summed E-state index contributed by atoms with van der Waals surface area (Å²) in [7, 11) is -2.26. The van der Waals surface area contributed by atoms with Crippen LogP contribution in [0.2, 0.25) is 0 Å². The van der Waals surface area contributed by atoms with E-state index in [1.165, 1.54) is 29.8 Å². The van der Waals surface area contributed by atoms with Crippen LogP contribution in [0.4, 0.5) is 0 Å². The smallest absolute Gasteiger partial charge is 0.408 e. The lowest BCUT2D eigenvalue weighted by Gasteiger charge is -2.23. The van der Waals surface area contributed by atoms with Gasteiger partial charge >= 0.3 is 5.76 Å². The SMILES string of the molecule is Cn1c(=O)oc2ccc(S(=O)(=O)NC[C@@](C)(O)C3CC3)cc21. The van der Waals surface area contributed by atoms with Crippen LogP contribution in [0.15, 0.2) is 32.3 Å². The number of nitrogens with zero attached hydrogens (tertiary/aromatic N) is 1. The van der Waals surface area contributed by atoms with Crippen molar-refractivity contribution in [1.29, 1.82) is 0 Å². The molecule has 1 aromatic carbocycles. The molecule has 1 aromatic heterocycles. The highest BCUT2D eigenvalue weighted by molar-refractivity contribution is 7.89. The van der Waals surface area contributed by atoms with Crippen molar-refractivity contribution in [2.24, 2.45) is 13.0 Å². The fraction of sp³-hybridized carbons (Fsp3) is 0.500. The van der Waals surface area contributed by atoms with Crippen molar-refractivity contribution in [3.63, 3.8) is 0 Å². The van der Waals surface area contributed by atoms with Crippen LogP contribution in [0.25, 0.3) is 11.1 Å². The van der Waals surface area contributed by atoms with E-state index in [4.69, 9.17) is 4.42 Å². The third kappa shape index (κ3) is 2.69. The van der Waals surface area contributed by atoms with Gasteiger partial charge in [0.2, 0.25) is 10.0 Å². The highest BCUT2D eigenvalue weighted by atomic mass is 32.2. The molecule has 0 bridgehead atoms. The molecule has 3 rings (SSSR count). The molecule has 120 valence electrons. The van der Waals surface area contributed by atoms with Gasteiger partial charge in [0.25, 0.3) is 0 Å². The Balaban J connectivity index is 1.88. The summed E-state index contributed by atoms with van der Waals surface area (Å²) in [5.41, 5.74) is -0.308. The molecule has 1 heterocycles. The summed E-state index contributed by atoms with van der Waals surface area (Å²) in [5.74, 6) is -0.401. The molecule has 0 aliphatic heterocycles. The summed E-state index contributed by atoms with van der Waals surface area (Å²) in [4.78, 5) is 11.5. The molecular formula is C14H18N2O5S. The molecule has 2 N–H and O–H groups in total. The van der Waals surface area contributed by atoms with Gasteiger partial charge in [0.15, 0.2) is 5.58 Å². The minimum absolute atomic E-state index is 0.0306. The summed E-state index contributed by atoms with van der Waals surface area (Å²) in [6, 6.07) is 4.21. The van der Waals surface area contributed by atoms with Gasteiger partial charge in [0, 0.05) is 13.6 Å². The maximum Gasteiger partial charge on any atom is 0.419 e. The highest BCUT2D eigenvalue weighted by Gasteiger charge is 2.40. The number of hydrogen-bond acceptors (Lipinski definition) is 5. The number of hydrogen-bond donors (Lipinski definition) is 2. The second-order valence-electron chi connectivity index (χ2n) is 6.01. The molecule has 22 heavy (non-hydrogen) atoms. The number of aromatic nitrogens is 1. The van der Waals surface area contributed by atoms with E-state index in [-0.39, 0.29) is 17.4 Å². The van der Waals surface area contributed by atoms with Gasteiger partial charge in [-0.1, -0.05) is 0 Å². The second-order valence-corrected chi connectivity index (χ2v) is 7.78. The lowest BCUT2D eigenvalue weighted by molar-refractivity contribution is 0.0422. The lowest BCUT2D eigenvalue weighted by Crippen LogP contribution is -2.42. The van der Waals surface area contributed by atoms with Crippen molar-refractivity contribution in [2.45, 2.75) is 30.3 Å². The van der Waals surface area contributed by atoms with Gasteiger partial charge in [-0.2, -0.15) is 0 Å². The number of fused-ring (bicyclic) bond motifs is 1. The summed E-state index contributed by atoms with van der Waals surface area (Å²) >= 11 is 0. The zero-order valence-corrected chi connectivity index (χ0v) is 13.2. The Labute approximate surface area is 127 Å². The number of rotatable bonds is 5. The van der Waals surface area contributed by atoms with Crippen LogP contribution in [-0.4, -0.2) is 30.2 Å². The highest BCUT2D eigenvalue weighted by Crippen LogP contribution is 2.39. The van der Waals surface area contributed by atoms with Crippen LogP contribution in [-0.2, 0) is 17.1 Å². The maximum atomic E-state index is 12.3. The Bertz CT molecular complexity index is 874. The number of nitrogens with one attached hydrogen (secondary N) is 1. The number of aryl methyl sites for hydroxylation is 1. The molecular weight excluding hydrogens is 308 g/mol. The molecule has 1 aliphatic carbocycles. The molecule has 1 saturated carbocycles. The Morgan fingerprint density at radius 1 is 1.45 bits per heavy atom. The number of oxazole rings is 1. The first-order valence-corrected chi connectivity index (χ1v) is 8.51. The van der Waals surface area contributed by atoms with E-state index in [0.29, 0.717) is 11.1 Å². The summed E-state index contributed by atoms with van der Waals surface area (Å²) in [6.45, 7) is 1.60. The fourth-order valence-electron chi connectivity index (χ4n) is 2.45. The minimum atomic E-state index is -3.77. The van der Waals surface area contributed by atoms with Crippen molar-refractivity contribution in [2.75, 3.05) is 6.54 Å².